The van der Waals surface area contributed by atoms with Crippen LogP contribution in [0.4, 0.5) is 8.78 Å². The molecule has 1 spiro atoms. The van der Waals surface area contributed by atoms with Gasteiger partial charge in [-0.1, -0.05) is 60.7 Å². The van der Waals surface area contributed by atoms with E-state index in [9.17, 15) is 0 Å². The Bertz CT molecular complexity index is 1380. The summed E-state index contributed by atoms with van der Waals surface area (Å²) in [5, 5.41) is 0. The number of aromatic nitrogens is 1. The van der Waals surface area contributed by atoms with Crippen molar-refractivity contribution < 1.29 is 27.7 Å². The molecule has 0 unspecified atom stereocenters. The second-order valence-electron chi connectivity index (χ2n) is 9.62. The van der Waals surface area contributed by atoms with Gasteiger partial charge in [-0.3, -0.25) is 0 Å². The van der Waals surface area contributed by atoms with E-state index in [1.54, 1.807) is 12.1 Å². The van der Waals surface area contributed by atoms with Gasteiger partial charge in [0.1, 0.15) is 24.8 Å². The molecule has 0 radical (unpaired) electrons. The lowest BCUT2D eigenvalue weighted by Crippen LogP contribution is -2.43. The van der Waals surface area contributed by atoms with Gasteiger partial charge in [0, 0.05) is 18.9 Å². The second kappa shape index (κ2) is 10.5. The van der Waals surface area contributed by atoms with Gasteiger partial charge in [0.2, 0.25) is 11.8 Å². The van der Waals surface area contributed by atoms with E-state index in [2.05, 4.69) is 4.98 Å². The maximum absolute atomic E-state index is 15.5. The number of nitrogens with zero attached hydrogens (tertiary/aromatic N) is 1. The molecule has 1 saturated carbocycles. The van der Waals surface area contributed by atoms with Crippen LogP contribution in [0.5, 0.6) is 11.8 Å². The highest BCUT2D eigenvalue weighted by atomic mass is 19.1. The molecule has 2 aliphatic rings. The highest BCUT2D eigenvalue weighted by Crippen LogP contribution is 2.50. The monoisotopic (exact) mass is 515 g/mol. The lowest BCUT2D eigenvalue weighted by Gasteiger charge is -2.43. The predicted molar refractivity (Wildman–Crippen MR) is 138 cm³/mol. The maximum atomic E-state index is 15.5. The molecule has 2 heterocycles. The van der Waals surface area contributed by atoms with Gasteiger partial charge in [-0.05, 0) is 40.8 Å². The van der Waals surface area contributed by atoms with E-state index in [-0.39, 0.29) is 29.5 Å². The molecule has 4 aromatic rings. The van der Waals surface area contributed by atoms with Crippen molar-refractivity contribution in [2.75, 3.05) is 13.2 Å². The molecule has 7 heteroatoms. The molecule has 1 aliphatic heterocycles. The first-order valence-electron chi connectivity index (χ1n) is 12.7. The number of halogens is 2. The van der Waals surface area contributed by atoms with Crippen molar-refractivity contribution in [3.8, 4) is 22.9 Å². The largest absolute Gasteiger partial charge is 0.473 e. The summed E-state index contributed by atoms with van der Waals surface area (Å²) in [6.45, 7) is 1.60. The van der Waals surface area contributed by atoms with Gasteiger partial charge in [0.15, 0.2) is 5.79 Å². The van der Waals surface area contributed by atoms with Crippen LogP contribution in [-0.2, 0) is 22.7 Å². The first kappa shape index (κ1) is 24.5. The summed E-state index contributed by atoms with van der Waals surface area (Å²) in [5.41, 5.74) is 2.52. The standard InChI is InChI=1S/C31H27F2NO4/c32-26-15-23(24-17-31(18-24)37-13-14-38-31)16-27(33)29(26)25-11-12-28(35-19-21-7-3-1-4-8-21)34-30(25)36-20-22-9-5-2-6-10-22/h1-12,15-16,24H,13-14,17-20H2. The van der Waals surface area contributed by atoms with Crippen molar-refractivity contribution >= 4 is 0 Å². The van der Waals surface area contributed by atoms with Crippen LogP contribution >= 0.6 is 0 Å². The number of hydrogen-bond acceptors (Lipinski definition) is 5. The third kappa shape index (κ3) is 5.12. The molecular formula is C31H27F2NO4. The molecule has 1 saturated heterocycles. The van der Waals surface area contributed by atoms with Gasteiger partial charge >= 0.3 is 0 Å². The number of rotatable bonds is 8. The van der Waals surface area contributed by atoms with E-state index >= 15 is 8.78 Å². The van der Waals surface area contributed by atoms with Crippen LogP contribution in [0, 0.1) is 11.6 Å². The van der Waals surface area contributed by atoms with Crippen molar-refractivity contribution in [3.63, 3.8) is 0 Å². The minimum absolute atomic E-state index is 0.0214. The summed E-state index contributed by atoms with van der Waals surface area (Å²) in [4.78, 5) is 4.48. The molecule has 0 amide bonds. The first-order chi connectivity index (χ1) is 18.6. The van der Waals surface area contributed by atoms with Crippen LogP contribution in [0.25, 0.3) is 11.1 Å². The molecule has 6 rings (SSSR count). The molecule has 194 valence electrons. The Hall–Kier alpha value is -3.81. The SMILES string of the molecule is Fc1cc(C2CC3(C2)OCCO3)cc(F)c1-c1ccc(OCc2ccccc2)nc1OCc1ccccc1. The van der Waals surface area contributed by atoms with E-state index in [1.807, 2.05) is 60.7 Å². The van der Waals surface area contributed by atoms with Crippen molar-refractivity contribution in [2.24, 2.45) is 0 Å². The molecule has 0 atom stereocenters. The maximum Gasteiger partial charge on any atom is 0.225 e. The summed E-state index contributed by atoms with van der Waals surface area (Å²) in [6, 6.07) is 25.2. The third-order valence-corrected chi connectivity index (χ3v) is 7.02. The minimum Gasteiger partial charge on any atom is -0.473 e. The average molecular weight is 516 g/mol. The fourth-order valence-corrected chi connectivity index (χ4v) is 5.01. The highest BCUT2D eigenvalue weighted by Gasteiger charge is 2.49. The van der Waals surface area contributed by atoms with Crippen molar-refractivity contribution in [1.82, 2.24) is 4.98 Å². The Morgan fingerprint density at radius 1 is 0.763 bits per heavy atom. The smallest absolute Gasteiger partial charge is 0.225 e. The fourth-order valence-electron chi connectivity index (χ4n) is 5.01. The molecule has 0 bridgehead atoms. The quantitative estimate of drug-likeness (QED) is 0.258. The zero-order valence-electron chi connectivity index (χ0n) is 20.7. The molecule has 1 aliphatic carbocycles. The number of hydrogen-bond donors (Lipinski definition) is 0. The van der Waals surface area contributed by atoms with Crippen molar-refractivity contribution in [2.45, 2.75) is 37.8 Å². The molecule has 38 heavy (non-hydrogen) atoms. The average Bonchev–Trinajstić information content (AvgIpc) is 3.42. The van der Waals surface area contributed by atoms with Gasteiger partial charge in [0.25, 0.3) is 0 Å². The fraction of sp³-hybridized carbons (Fsp3) is 0.258. The Kier molecular flexibility index (Phi) is 6.79. The normalized spacial score (nSPS) is 16.4. The summed E-state index contributed by atoms with van der Waals surface area (Å²) in [5.74, 6) is -1.55. The Morgan fingerprint density at radius 3 is 1.95 bits per heavy atom. The molecule has 5 nitrogen and oxygen atoms in total. The van der Waals surface area contributed by atoms with E-state index in [0.29, 0.717) is 44.1 Å². The molecule has 2 fully saturated rings. The van der Waals surface area contributed by atoms with E-state index < -0.39 is 17.4 Å². The zero-order chi connectivity index (χ0) is 26.0. The third-order valence-electron chi connectivity index (χ3n) is 7.02. The first-order valence-corrected chi connectivity index (χ1v) is 12.7. The van der Waals surface area contributed by atoms with Gasteiger partial charge in [-0.15, -0.1) is 0 Å². The van der Waals surface area contributed by atoms with Gasteiger partial charge in [-0.2, -0.15) is 4.98 Å². The van der Waals surface area contributed by atoms with E-state index in [4.69, 9.17) is 18.9 Å². The summed E-state index contributed by atoms with van der Waals surface area (Å²) in [6.07, 6.45) is 1.18. The van der Waals surface area contributed by atoms with Gasteiger partial charge in [0.05, 0.1) is 24.3 Å². The predicted octanol–water partition coefficient (Wildman–Crippen LogP) is 6.81. The lowest BCUT2D eigenvalue weighted by molar-refractivity contribution is -0.215. The van der Waals surface area contributed by atoms with Crippen molar-refractivity contribution in [1.29, 1.82) is 0 Å². The van der Waals surface area contributed by atoms with E-state index in [0.717, 1.165) is 11.1 Å². The summed E-state index contributed by atoms with van der Waals surface area (Å²) >= 11 is 0. The van der Waals surface area contributed by atoms with Crippen LogP contribution in [0.1, 0.15) is 35.4 Å². The van der Waals surface area contributed by atoms with Crippen LogP contribution in [0.15, 0.2) is 84.9 Å². The molecule has 0 N–H and O–H groups in total. The van der Waals surface area contributed by atoms with Gasteiger partial charge in [-0.25, -0.2) is 8.78 Å². The number of pyridine rings is 1. The Labute approximate surface area is 220 Å². The highest BCUT2D eigenvalue weighted by molar-refractivity contribution is 5.71. The Balaban J connectivity index is 1.28. The van der Waals surface area contributed by atoms with Gasteiger partial charge < -0.3 is 18.9 Å². The van der Waals surface area contributed by atoms with Crippen LogP contribution < -0.4 is 9.47 Å². The lowest BCUT2D eigenvalue weighted by atomic mass is 9.74. The topological polar surface area (TPSA) is 49.8 Å². The van der Waals surface area contributed by atoms with Crippen molar-refractivity contribution in [3.05, 3.63) is 113 Å². The molecular weight excluding hydrogens is 488 g/mol. The summed E-state index contributed by atoms with van der Waals surface area (Å²) < 4.78 is 54.2. The number of ether oxygens (including phenoxy) is 4. The molecule has 1 aromatic heterocycles. The second-order valence-corrected chi connectivity index (χ2v) is 9.62. The Morgan fingerprint density at radius 2 is 1.34 bits per heavy atom. The minimum atomic E-state index is -0.668. The molecule has 3 aromatic carbocycles. The van der Waals surface area contributed by atoms with Crippen LogP contribution in [0.2, 0.25) is 0 Å². The van der Waals surface area contributed by atoms with Crippen LogP contribution in [-0.4, -0.2) is 24.0 Å². The summed E-state index contributed by atoms with van der Waals surface area (Å²) in [7, 11) is 0. The van der Waals surface area contributed by atoms with E-state index in [1.165, 1.54) is 12.1 Å². The van der Waals surface area contributed by atoms with Crippen LogP contribution in [0.3, 0.4) is 0 Å². The number of benzene rings is 3. The zero-order valence-corrected chi connectivity index (χ0v) is 20.7.